The van der Waals surface area contributed by atoms with E-state index in [1.165, 1.54) is 12.1 Å². The van der Waals surface area contributed by atoms with Crippen LogP contribution in [0.1, 0.15) is 21.5 Å². The molecule has 3 aromatic carbocycles. The quantitative estimate of drug-likeness (QED) is 0.357. The number of nitrogens with one attached hydrogen (secondary N) is 1. The van der Waals surface area contributed by atoms with Gasteiger partial charge in [0, 0.05) is 22.0 Å². The molecule has 0 spiro atoms. The van der Waals surface area contributed by atoms with Crippen LogP contribution in [-0.4, -0.2) is 16.1 Å². The van der Waals surface area contributed by atoms with Gasteiger partial charge in [0.2, 0.25) is 0 Å². The van der Waals surface area contributed by atoms with Crippen molar-refractivity contribution < 1.29 is 14.3 Å². The van der Waals surface area contributed by atoms with Crippen LogP contribution >= 0.6 is 15.9 Å². The van der Waals surface area contributed by atoms with Gasteiger partial charge in [-0.2, -0.15) is 0 Å². The van der Waals surface area contributed by atoms with Crippen LogP contribution in [0.5, 0.6) is 0 Å². The van der Waals surface area contributed by atoms with Gasteiger partial charge in [-0.3, -0.25) is 0 Å². The number of hydrogen-bond donors (Lipinski definition) is 2. The Labute approximate surface area is 181 Å². The maximum absolute atomic E-state index is 14.4. The summed E-state index contributed by atoms with van der Waals surface area (Å²) in [6, 6.07) is 19.7. The average molecular weight is 465 g/mol. The fourth-order valence-corrected chi connectivity index (χ4v) is 3.84. The van der Waals surface area contributed by atoms with E-state index in [0.29, 0.717) is 6.54 Å². The predicted molar refractivity (Wildman–Crippen MR) is 120 cm³/mol. The average Bonchev–Trinajstić information content (AvgIpc) is 2.74. The molecule has 0 saturated carbocycles. The van der Waals surface area contributed by atoms with Crippen LogP contribution in [0.15, 0.2) is 71.2 Å². The lowest BCUT2D eigenvalue weighted by molar-refractivity contribution is 0.0696. The van der Waals surface area contributed by atoms with Crippen LogP contribution in [0, 0.1) is 12.7 Å². The minimum atomic E-state index is -1.16. The Balaban J connectivity index is 1.78. The summed E-state index contributed by atoms with van der Waals surface area (Å²) in [6.07, 6.45) is 0. The van der Waals surface area contributed by atoms with Gasteiger partial charge < -0.3 is 10.4 Å². The highest BCUT2D eigenvalue weighted by atomic mass is 79.9. The molecule has 0 radical (unpaired) electrons. The number of carboxylic acids is 1. The Morgan fingerprint density at radius 2 is 1.87 bits per heavy atom. The molecule has 0 amide bonds. The summed E-state index contributed by atoms with van der Waals surface area (Å²) in [5, 5.41) is 13.1. The number of carboxylic acid groups (broad SMARTS) is 1. The second kappa shape index (κ2) is 8.24. The van der Waals surface area contributed by atoms with Gasteiger partial charge in [-0.1, -0.05) is 46.3 Å². The third-order valence-corrected chi connectivity index (χ3v) is 5.54. The lowest BCUT2D eigenvalue weighted by atomic mass is 9.97. The Morgan fingerprint density at radius 1 is 1.10 bits per heavy atom. The van der Waals surface area contributed by atoms with Crippen molar-refractivity contribution in [3.05, 3.63) is 93.7 Å². The molecule has 0 aliphatic carbocycles. The summed E-state index contributed by atoms with van der Waals surface area (Å²) in [7, 11) is 0. The molecule has 0 unspecified atom stereocenters. The summed E-state index contributed by atoms with van der Waals surface area (Å²) in [6.45, 7) is 2.38. The number of rotatable bonds is 5. The normalized spacial score (nSPS) is 10.9. The first-order valence-corrected chi connectivity index (χ1v) is 10.1. The van der Waals surface area contributed by atoms with E-state index in [2.05, 4.69) is 21.2 Å². The number of aromatic nitrogens is 1. The van der Waals surface area contributed by atoms with Crippen LogP contribution in [0.25, 0.3) is 22.2 Å². The van der Waals surface area contributed by atoms with Gasteiger partial charge in [0.05, 0.1) is 22.5 Å². The lowest BCUT2D eigenvalue weighted by Crippen LogP contribution is -2.07. The first-order valence-electron chi connectivity index (χ1n) is 9.35. The highest BCUT2D eigenvalue weighted by molar-refractivity contribution is 9.10. The zero-order chi connectivity index (χ0) is 21.3. The largest absolute Gasteiger partial charge is 0.478 e. The van der Waals surface area contributed by atoms with Gasteiger partial charge in [-0.25, -0.2) is 14.2 Å². The number of aromatic carboxylic acids is 1. The van der Waals surface area contributed by atoms with E-state index in [0.717, 1.165) is 43.8 Å². The second-order valence-electron chi connectivity index (χ2n) is 6.94. The number of carbonyl (C=O) groups is 1. The molecule has 6 heteroatoms. The fraction of sp³-hybridized carbons (Fsp3) is 0.0833. The Hall–Kier alpha value is -3.25. The maximum atomic E-state index is 14.4. The molecule has 4 rings (SSSR count). The van der Waals surface area contributed by atoms with Gasteiger partial charge in [0.15, 0.2) is 0 Å². The Kier molecular flexibility index (Phi) is 5.50. The lowest BCUT2D eigenvalue weighted by Gasteiger charge is -2.17. The third kappa shape index (κ3) is 3.91. The minimum Gasteiger partial charge on any atom is -0.478 e. The van der Waals surface area contributed by atoms with E-state index in [1.54, 1.807) is 0 Å². The number of pyridine rings is 1. The van der Waals surface area contributed by atoms with Crippen LogP contribution in [0.3, 0.4) is 0 Å². The standard InChI is InChI=1S/C24H18BrFN2O2/c1-14-19(13-27-22-9-7-16(24(29)30)11-20(22)26)18-12-17(25)8-10-21(18)28-23(14)15-5-3-2-4-6-15/h2-12,27H,13H2,1H3,(H,29,30). The molecule has 0 bridgehead atoms. The minimum absolute atomic E-state index is 0.0844. The molecular formula is C24H18BrFN2O2. The molecule has 0 aliphatic rings. The molecule has 0 fully saturated rings. The van der Waals surface area contributed by atoms with Gasteiger partial charge in [-0.15, -0.1) is 0 Å². The summed E-state index contributed by atoms with van der Waals surface area (Å²) in [5.41, 5.74) is 4.91. The highest BCUT2D eigenvalue weighted by Gasteiger charge is 2.15. The Bertz CT molecular complexity index is 1260. The van der Waals surface area contributed by atoms with Crippen molar-refractivity contribution in [2.24, 2.45) is 0 Å². The van der Waals surface area contributed by atoms with Gasteiger partial charge in [-0.05, 0) is 54.4 Å². The molecule has 4 aromatic rings. The van der Waals surface area contributed by atoms with Crippen molar-refractivity contribution in [2.75, 3.05) is 5.32 Å². The number of hydrogen-bond acceptors (Lipinski definition) is 3. The number of halogens is 2. The first-order chi connectivity index (χ1) is 14.4. The molecule has 1 aromatic heterocycles. The first kappa shape index (κ1) is 20.0. The summed E-state index contributed by atoms with van der Waals surface area (Å²) >= 11 is 3.52. The van der Waals surface area contributed by atoms with Crippen LogP contribution in [-0.2, 0) is 6.54 Å². The molecule has 0 atom stereocenters. The molecule has 30 heavy (non-hydrogen) atoms. The second-order valence-corrected chi connectivity index (χ2v) is 7.86. The molecule has 1 heterocycles. The fourth-order valence-electron chi connectivity index (χ4n) is 3.48. The predicted octanol–water partition coefficient (Wildman–Crippen LogP) is 6.42. The molecule has 0 saturated heterocycles. The monoisotopic (exact) mass is 464 g/mol. The highest BCUT2D eigenvalue weighted by Crippen LogP contribution is 2.32. The van der Waals surface area contributed by atoms with Crippen molar-refractivity contribution in [3.8, 4) is 11.3 Å². The van der Waals surface area contributed by atoms with E-state index < -0.39 is 11.8 Å². The number of benzene rings is 3. The zero-order valence-corrected chi connectivity index (χ0v) is 17.7. The van der Waals surface area contributed by atoms with E-state index in [1.807, 2.05) is 55.5 Å². The number of anilines is 1. The zero-order valence-electron chi connectivity index (χ0n) is 16.1. The smallest absolute Gasteiger partial charge is 0.335 e. The van der Waals surface area contributed by atoms with Crippen molar-refractivity contribution in [1.29, 1.82) is 0 Å². The van der Waals surface area contributed by atoms with E-state index in [9.17, 15) is 9.18 Å². The molecule has 4 nitrogen and oxygen atoms in total. The summed E-state index contributed by atoms with van der Waals surface area (Å²) in [4.78, 5) is 15.9. The van der Waals surface area contributed by atoms with Crippen LogP contribution in [0.2, 0.25) is 0 Å². The maximum Gasteiger partial charge on any atom is 0.335 e. The Morgan fingerprint density at radius 3 is 2.57 bits per heavy atom. The summed E-state index contributed by atoms with van der Waals surface area (Å²) in [5.74, 6) is -1.76. The van der Waals surface area contributed by atoms with Crippen LogP contribution < -0.4 is 5.32 Å². The topological polar surface area (TPSA) is 62.2 Å². The van der Waals surface area contributed by atoms with Crippen molar-refractivity contribution in [1.82, 2.24) is 4.98 Å². The number of fused-ring (bicyclic) bond motifs is 1. The van der Waals surface area contributed by atoms with E-state index >= 15 is 0 Å². The summed E-state index contributed by atoms with van der Waals surface area (Å²) < 4.78 is 15.3. The van der Waals surface area contributed by atoms with Crippen molar-refractivity contribution in [3.63, 3.8) is 0 Å². The van der Waals surface area contributed by atoms with E-state index in [-0.39, 0.29) is 11.3 Å². The molecule has 2 N–H and O–H groups in total. The van der Waals surface area contributed by atoms with Gasteiger partial charge in [0.25, 0.3) is 0 Å². The molecule has 150 valence electrons. The number of nitrogens with zero attached hydrogens (tertiary/aromatic N) is 1. The third-order valence-electron chi connectivity index (χ3n) is 5.04. The van der Waals surface area contributed by atoms with E-state index in [4.69, 9.17) is 10.1 Å². The SMILES string of the molecule is Cc1c(-c2ccccc2)nc2ccc(Br)cc2c1CNc1ccc(C(=O)O)cc1F. The van der Waals surface area contributed by atoms with Crippen molar-refractivity contribution >= 4 is 38.5 Å². The van der Waals surface area contributed by atoms with Crippen LogP contribution in [0.4, 0.5) is 10.1 Å². The molecule has 0 aliphatic heterocycles. The van der Waals surface area contributed by atoms with Gasteiger partial charge in [0.1, 0.15) is 5.82 Å². The van der Waals surface area contributed by atoms with Crippen molar-refractivity contribution in [2.45, 2.75) is 13.5 Å². The molecular weight excluding hydrogens is 447 g/mol. The van der Waals surface area contributed by atoms with Gasteiger partial charge >= 0.3 is 5.97 Å².